The Morgan fingerprint density at radius 1 is 0.913 bits per heavy atom. The van der Waals surface area contributed by atoms with E-state index in [1.807, 2.05) is 48.5 Å². The van der Waals surface area contributed by atoms with E-state index in [0.29, 0.717) is 19.5 Å². The minimum atomic E-state index is -0.00106. The molecule has 0 bridgehead atoms. The molecule has 0 aliphatic heterocycles. The fourth-order valence-electron chi connectivity index (χ4n) is 2.41. The number of aliphatic hydroxyl groups is 1. The van der Waals surface area contributed by atoms with Crippen molar-refractivity contribution in [1.29, 1.82) is 0 Å². The van der Waals surface area contributed by atoms with Crippen molar-refractivity contribution >= 4 is 11.6 Å². The van der Waals surface area contributed by atoms with Crippen molar-refractivity contribution < 1.29 is 9.90 Å². The Labute approximate surface area is 137 Å². The van der Waals surface area contributed by atoms with E-state index in [1.165, 1.54) is 5.56 Å². The van der Waals surface area contributed by atoms with E-state index in [-0.39, 0.29) is 12.5 Å². The molecule has 0 saturated carbocycles. The molecule has 0 fully saturated rings. The molecule has 0 unspecified atom stereocenters. The fourth-order valence-corrected chi connectivity index (χ4v) is 2.41. The minimum absolute atomic E-state index is 0.00106. The Kier molecular flexibility index (Phi) is 7.30. The lowest BCUT2D eigenvalue weighted by Gasteiger charge is -2.21. The highest BCUT2D eigenvalue weighted by atomic mass is 16.3. The van der Waals surface area contributed by atoms with E-state index in [9.17, 15) is 9.90 Å². The monoisotopic (exact) mass is 312 g/mol. The molecule has 2 rings (SSSR count). The van der Waals surface area contributed by atoms with Crippen LogP contribution in [-0.2, 0) is 11.2 Å². The van der Waals surface area contributed by atoms with Crippen LogP contribution >= 0.6 is 0 Å². The number of para-hydroxylation sites is 1. The molecule has 2 aromatic carbocycles. The van der Waals surface area contributed by atoms with Crippen molar-refractivity contribution in [3.8, 4) is 0 Å². The van der Waals surface area contributed by atoms with Crippen LogP contribution < -0.4 is 5.32 Å². The van der Waals surface area contributed by atoms with Crippen molar-refractivity contribution in [1.82, 2.24) is 4.90 Å². The van der Waals surface area contributed by atoms with Crippen molar-refractivity contribution in [3.05, 3.63) is 66.2 Å². The summed E-state index contributed by atoms with van der Waals surface area (Å²) in [5, 5.41) is 12.1. The number of hydrogen-bond acceptors (Lipinski definition) is 3. The Bertz CT molecular complexity index is 572. The van der Waals surface area contributed by atoms with E-state index in [1.54, 1.807) is 0 Å². The van der Waals surface area contributed by atoms with Gasteiger partial charge in [-0.15, -0.1) is 0 Å². The number of nitrogens with zero attached hydrogens (tertiary/aromatic N) is 1. The first-order valence-electron chi connectivity index (χ1n) is 8.00. The quantitative estimate of drug-likeness (QED) is 0.748. The summed E-state index contributed by atoms with van der Waals surface area (Å²) < 4.78 is 0. The van der Waals surface area contributed by atoms with Crippen LogP contribution in [0.5, 0.6) is 0 Å². The largest absolute Gasteiger partial charge is 0.395 e. The van der Waals surface area contributed by atoms with Gasteiger partial charge in [-0.1, -0.05) is 48.5 Å². The van der Waals surface area contributed by atoms with Crippen LogP contribution in [0.25, 0.3) is 0 Å². The van der Waals surface area contributed by atoms with Gasteiger partial charge in [0, 0.05) is 31.7 Å². The first kappa shape index (κ1) is 17.2. The average Bonchev–Trinajstić information content (AvgIpc) is 2.59. The molecule has 0 radical (unpaired) electrons. The van der Waals surface area contributed by atoms with Gasteiger partial charge < -0.3 is 15.3 Å². The number of carbonyl (C=O) groups excluding carboxylic acids is 1. The summed E-state index contributed by atoms with van der Waals surface area (Å²) in [6.07, 6.45) is 1.34. The van der Waals surface area contributed by atoms with E-state index < -0.39 is 0 Å². The maximum Gasteiger partial charge on any atom is 0.225 e. The first-order valence-corrected chi connectivity index (χ1v) is 8.00. The maximum absolute atomic E-state index is 12.0. The van der Waals surface area contributed by atoms with E-state index in [0.717, 1.165) is 18.7 Å². The molecule has 1 amide bonds. The third-order valence-electron chi connectivity index (χ3n) is 3.69. The van der Waals surface area contributed by atoms with Gasteiger partial charge in [-0.2, -0.15) is 0 Å². The Morgan fingerprint density at radius 2 is 1.57 bits per heavy atom. The molecule has 0 aromatic heterocycles. The lowest BCUT2D eigenvalue weighted by molar-refractivity contribution is -0.116. The van der Waals surface area contributed by atoms with Crippen LogP contribution in [0.15, 0.2) is 60.7 Å². The van der Waals surface area contributed by atoms with Crippen LogP contribution in [0, 0.1) is 0 Å². The van der Waals surface area contributed by atoms with Crippen LogP contribution in [-0.4, -0.2) is 42.2 Å². The van der Waals surface area contributed by atoms with Gasteiger partial charge in [0.05, 0.1) is 6.61 Å². The second-order valence-corrected chi connectivity index (χ2v) is 5.47. The molecular formula is C19H24N2O2. The highest BCUT2D eigenvalue weighted by Crippen LogP contribution is 2.06. The Morgan fingerprint density at radius 3 is 2.22 bits per heavy atom. The van der Waals surface area contributed by atoms with Gasteiger partial charge in [0.15, 0.2) is 0 Å². The topological polar surface area (TPSA) is 52.6 Å². The SMILES string of the molecule is O=C(CCN(CCO)CCc1ccccc1)Nc1ccccc1. The van der Waals surface area contributed by atoms with E-state index >= 15 is 0 Å². The lowest BCUT2D eigenvalue weighted by Crippen LogP contribution is -2.32. The van der Waals surface area contributed by atoms with Crippen LogP contribution in [0.3, 0.4) is 0 Å². The van der Waals surface area contributed by atoms with Crippen LogP contribution in [0.4, 0.5) is 5.69 Å². The van der Waals surface area contributed by atoms with Gasteiger partial charge in [-0.25, -0.2) is 0 Å². The summed E-state index contributed by atoms with van der Waals surface area (Å²) in [5.74, 6) is -0.00106. The molecule has 0 atom stereocenters. The molecule has 2 N–H and O–H groups in total. The predicted molar refractivity (Wildman–Crippen MR) is 93.4 cm³/mol. The van der Waals surface area contributed by atoms with Gasteiger partial charge in [0.1, 0.15) is 0 Å². The van der Waals surface area contributed by atoms with Gasteiger partial charge in [-0.05, 0) is 24.1 Å². The Hall–Kier alpha value is -2.17. The molecule has 0 heterocycles. The zero-order chi connectivity index (χ0) is 16.3. The number of carbonyl (C=O) groups is 1. The lowest BCUT2D eigenvalue weighted by atomic mass is 10.1. The number of nitrogens with one attached hydrogen (secondary N) is 1. The predicted octanol–water partition coefficient (Wildman–Crippen LogP) is 2.55. The fraction of sp³-hybridized carbons (Fsp3) is 0.316. The molecule has 23 heavy (non-hydrogen) atoms. The maximum atomic E-state index is 12.0. The molecule has 0 saturated heterocycles. The number of amides is 1. The van der Waals surface area contributed by atoms with Gasteiger partial charge in [-0.3, -0.25) is 4.79 Å². The van der Waals surface area contributed by atoms with E-state index in [4.69, 9.17) is 0 Å². The second kappa shape index (κ2) is 9.77. The summed E-state index contributed by atoms with van der Waals surface area (Å²) >= 11 is 0. The standard InChI is InChI=1S/C19H24N2O2/c22-16-15-21(13-11-17-7-3-1-4-8-17)14-12-19(23)20-18-9-5-2-6-10-18/h1-10,22H,11-16H2,(H,20,23). The summed E-state index contributed by atoms with van der Waals surface area (Å²) in [6, 6.07) is 19.7. The summed E-state index contributed by atoms with van der Waals surface area (Å²) in [4.78, 5) is 14.1. The summed E-state index contributed by atoms with van der Waals surface area (Å²) in [6.45, 7) is 2.18. The van der Waals surface area contributed by atoms with E-state index in [2.05, 4.69) is 22.3 Å². The first-order chi connectivity index (χ1) is 11.3. The van der Waals surface area contributed by atoms with Crippen LogP contribution in [0.1, 0.15) is 12.0 Å². The summed E-state index contributed by atoms with van der Waals surface area (Å²) in [7, 11) is 0. The molecule has 122 valence electrons. The molecule has 4 nitrogen and oxygen atoms in total. The van der Waals surface area contributed by atoms with Crippen LogP contribution in [0.2, 0.25) is 0 Å². The normalized spacial score (nSPS) is 10.7. The van der Waals surface area contributed by atoms with Crippen molar-refractivity contribution in [2.24, 2.45) is 0 Å². The van der Waals surface area contributed by atoms with Crippen molar-refractivity contribution in [2.75, 3.05) is 31.6 Å². The number of aliphatic hydroxyl groups excluding tert-OH is 1. The number of benzene rings is 2. The van der Waals surface area contributed by atoms with Gasteiger partial charge >= 0.3 is 0 Å². The molecule has 0 spiro atoms. The highest BCUT2D eigenvalue weighted by Gasteiger charge is 2.08. The van der Waals surface area contributed by atoms with Gasteiger partial charge in [0.2, 0.25) is 5.91 Å². The van der Waals surface area contributed by atoms with Gasteiger partial charge in [0.25, 0.3) is 0 Å². The zero-order valence-corrected chi connectivity index (χ0v) is 13.3. The zero-order valence-electron chi connectivity index (χ0n) is 13.3. The minimum Gasteiger partial charge on any atom is -0.395 e. The average molecular weight is 312 g/mol. The molecular weight excluding hydrogens is 288 g/mol. The van der Waals surface area contributed by atoms with Crippen molar-refractivity contribution in [3.63, 3.8) is 0 Å². The smallest absolute Gasteiger partial charge is 0.225 e. The molecule has 0 aliphatic carbocycles. The number of anilines is 1. The van der Waals surface area contributed by atoms with Crippen molar-refractivity contribution in [2.45, 2.75) is 12.8 Å². The third-order valence-corrected chi connectivity index (χ3v) is 3.69. The Balaban J connectivity index is 1.76. The number of hydrogen-bond donors (Lipinski definition) is 2. The highest BCUT2D eigenvalue weighted by molar-refractivity contribution is 5.90. The molecule has 4 heteroatoms. The number of rotatable bonds is 9. The molecule has 2 aromatic rings. The second-order valence-electron chi connectivity index (χ2n) is 5.47. The third kappa shape index (κ3) is 6.63. The summed E-state index contributed by atoms with van der Waals surface area (Å²) in [5.41, 5.74) is 2.08. The molecule has 0 aliphatic rings.